The van der Waals surface area contributed by atoms with E-state index in [2.05, 4.69) is 27.5 Å². The molecule has 2 aromatic heterocycles. The van der Waals surface area contributed by atoms with Gasteiger partial charge in [0.15, 0.2) is 5.65 Å². The summed E-state index contributed by atoms with van der Waals surface area (Å²) in [6.07, 6.45) is 0.967. The number of aryl methyl sites for hydroxylation is 1. The van der Waals surface area contributed by atoms with Crippen LogP contribution in [-0.2, 0) is 11.2 Å². The summed E-state index contributed by atoms with van der Waals surface area (Å²) in [4.78, 5) is 12.3. The highest BCUT2D eigenvalue weighted by atomic mass is 32.2. The summed E-state index contributed by atoms with van der Waals surface area (Å²) in [6, 6.07) is 19.3. The van der Waals surface area contributed by atoms with Crippen molar-refractivity contribution in [1.29, 1.82) is 0 Å². The third kappa shape index (κ3) is 4.44. The van der Waals surface area contributed by atoms with E-state index in [1.54, 1.807) is 11.6 Å². The molecule has 0 aliphatic rings. The van der Waals surface area contributed by atoms with Gasteiger partial charge in [0.1, 0.15) is 5.75 Å². The number of thioether (sulfide) groups is 1. The lowest BCUT2D eigenvalue weighted by atomic mass is 10.1. The third-order valence-electron chi connectivity index (χ3n) is 4.58. The number of amides is 1. The summed E-state index contributed by atoms with van der Waals surface area (Å²) in [5.41, 5.74) is 4.33. The molecule has 1 N–H and O–H groups in total. The topological polar surface area (TPSA) is 81.4 Å². The summed E-state index contributed by atoms with van der Waals surface area (Å²) < 4.78 is 6.95. The van der Waals surface area contributed by atoms with Crippen molar-refractivity contribution in [2.75, 3.05) is 18.2 Å². The van der Waals surface area contributed by atoms with E-state index in [1.807, 2.05) is 60.7 Å². The Morgan fingerprint density at radius 3 is 2.70 bits per heavy atom. The van der Waals surface area contributed by atoms with E-state index in [1.165, 1.54) is 17.3 Å². The van der Waals surface area contributed by atoms with Crippen molar-refractivity contribution in [2.45, 2.75) is 18.5 Å². The summed E-state index contributed by atoms with van der Waals surface area (Å²) in [6.45, 7) is 2.10. The van der Waals surface area contributed by atoms with E-state index >= 15 is 0 Å². The normalized spacial score (nSPS) is 10.9. The molecule has 0 unspecified atom stereocenters. The highest BCUT2D eigenvalue weighted by molar-refractivity contribution is 7.99. The maximum Gasteiger partial charge on any atom is 0.234 e. The fourth-order valence-corrected chi connectivity index (χ4v) is 3.63. The van der Waals surface area contributed by atoms with Crippen LogP contribution in [-0.4, -0.2) is 38.6 Å². The first-order valence-corrected chi connectivity index (χ1v) is 10.5. The Labute approximate surface area is 178 Å². The van der Waals surface area contributed by atoms with Crippen LogP contribution < -0.4 is 10.1 Å². The van der Waals surface area contributed by atoms with Gasteiger partial charge in [0.25, 0.3) is 0 Å². The summed E-state index contributed by atoms with van der Waals surface area (Å²) in [5.74, 6) is 0.864. The first-order chi connectivity index (χ1) is 14.7. The van der Waals surface area contributed by atoms with Gasteiger partial charge in [0.05, 0.1) is 18.6 Å². The van der Waals surface area contributed by atoms with Gasteiger partial charge in [-0.2, -0.15) is 9.61 Å². The van der Waals surface area contributed by atoms with Gasteiger partial charge in [0, 0.05) is 11.3 Å². The van der Waals surface area contributed by atoms with Gasteiger partial charge in [-0.15, -0.1) is 10.2 Å². The predicted molar refractivity (Wildman–Crippen MR) is 118 cm³/mol. The Morgan fingerprint density at radius 2 is 1.93 bits per heavy atom. The average molecular weight is 420 g/mol. The minimum absolute atomic E-state index is 0.107. The number of benzene rings is 2. The van der Waals surface area contributed by atoms with Gasteiger partial charge < -0.3 is 10.1 Å². The number of carbonyl (C=O) groups excluding carboxylic acids is 1. The number of hydrogen-bond acceptors (Lipinski definition) is 6. The molecular formula is C22H21N5O2S. The molecule has 0 fully saturated rings. The van der Waals surface area contributed by atoms with Crippen molar-refractivity contribution in [3.05, 3.63) is 66.2 Å². The minimum Gasteiger partial charge on any atom is -0.497 e. The number of anilines is 1. The second-order valence-corrected chi connectivity index (χ2v) is 7.53. The Hall–Kier alpha value is -3.39. The largest absolute Gasteiger partial charge is 0.497 e. The van der Waals surface area contributed by atoms with Gasteiger partial charge in [-0.25, -0.2) is 0 Å². The molecule has 0 bridgehead atoms. The lowest BCUT2D eigenvalue weighted by molar-refractivity contribution is -0.113. The van der Waals surface area contributed by atoms with Crippen molar-refractivity contribution < 1.29 is 9.53 Å². The lowest BCUT2D eigenvalue weighted by Crippen LogP contribution is -2.14. The standard InChI is InChI=1S/C22H21N5O2S/c1-3-15-7-9-17(10-8-15)23-21(28)14-30-22-25-24-20-12-11-19(26-27(20)22)16-5-4-6-18(13-16)29-2/h4-13H,3,14H2,1-2H3,(H,23,28). The van der Waals surface area contributed by atoms with Crippen LogP contribution >= 0.6 is 11.8 Å². The van der Waals surface area contributed by atoms with Crippen LogP contribution in [0.3, 0.4) is 0 Å². The Kier molecular flexibility index (Phi) is 5.94. The van der Waals surface area contributed by atoms with Gasteiger partial charge in [-0.1, -0.05) is 43.0 Å². The molecule has 0 aliphatic heterocycles. The second kappa shape index (κ2) is 8.96. The maximum absolute atomic E-state index is 12.3. The van der Waals surface area contributed by atoms with E-state index in [4.69, 9.17) is 4.74 Å². The molecule has 1 amide bonds. The Morgan fingerprint density at radius 1 is 1.10 bits per heavy atom. The fourth-order valence-electron chi connectivity index (χ4n) is 2.95. The van der Waals surface area contributed by atoms with Crippen LogP contribution in [0.5, 0.6) is 5.75 Å². The number of rotatable bonds is 7. The van der Waals surface area contributed by atoms with Crippen molar-refractivity contribution in [2.24, 2.45) is 0 Å². The highest BCUT2D eigenvalue weighted by Gasteiger charge is 2.12. The van der Waals surface area contributed by atoms with Gasteiger partial charge in [-0.3, -0.25) is 4.79 Å². The predicted octanol–water partition coefficient (Wildman–Crippen LogP) is 4.09. The van der Waals surface area contributed by atoms with E-state index in [-0.39, 0.29) is 11.7 Å². The van der Waals surface area contributed by atoms with Crippen molar-refractivity contribution in [3.8, 4) is 17.0 Å². The molecule has 152 valence electrons. The average Bonchev–Trinajstić information content (AvgIpc) is 3.20. The molecule has 2 heterocycles. The number of nitrogens with zero attached hydrogens (tertiary/aromatic N) is 4. The van der Waals surface area contributed by atoms with Gasteiger partial charge in [0.2, 0.25) is 11.1 Å². The quantitative estimate of drug-likeness (QED) is 0.454. The molecule has 7 nitrogen and oxygen atoms in total. The molecule has 0 aliphatic carbocycles. The number of ether oxygens (including phenoxy) is 1. The zero-order chi connectivity index (χ0) is 20.9. The summed E-state index contributed by atoms with van der Waals surface area (Å²) in [7, 11) is 1.63. The minimum atomic E-state index is -0.107. The smallest absolute Gasteiger partial charge is 0.234 e. The van der Waals surface area contributed by atoms with Crippen molar-refractivity contribution >= 4 is 29.0 Å². The first kappa shape index (κ1) is 19.9. The van der Waals surface area contributed by atoms with Crippen LogP contribution in [0.25, 0.3) is 16.9 Å². The van der Waals surface area contributed by atoms with Crippen molar-refractivity contribution in [1.82, 2.24) is 19.8 Å². The number of carbonyl (C=O) groups is 1. The Balaban J connectivity index is 1.47. The zero-order valence-electron chi connectivity index (χ0n) is 16.7. The molecule has 4 rings (SSSR count). The van der Waals surface area contributed by atoms with E-state index in [0.717, 1.165) is 29.1 Å². The van der Waals surface area contributed by atoms with Crippen LogP contribution in [0.15, 0.2) is 65.8 Å². The molecule has 0 saturated heterocycles. The number of aromatic nitrogens is 4. The fraction of sp³-hybridized carbons (Fsp3) is 0.182. The second-order valence-electron chi connectivity index (χ2n) is 6.59. The van der Waals surface area contributed by atoms with E-state index in [0.29, 0.717) is 10.8 Å². The van der Waals surface area contributed by atoms with Crippen molar-refractivity contribution in [3.63, 3.8) is 0 Å². The van der Waals surface area contributed by atoms with Gasteiger partial charge in [-0.05, 0) is 48.4 Å². The zero-order valence-corrected chi connectivity index (χ0v) is 17.5. The van der Waals surface area contributed by atoms with Crippen LogP contribution in [0.4, 0.5) is 5.69 Å². The molecule has 4 aromatic rings. The Bertz CT molecular complexity index is 1170. The summed E-state index contributed by atoms with van der Waals surface area (Å²) in [5, 5.41) is 16.4. The molecule has 0 spiro atoms. The van der Waals surface area contributed by atoms with Crippen LogP contribution in [0.1, 0.15) is 12.5 Å². The monoisotopic (exact) mass is 419 g/mol. The maximum atomic E-state index is 12.3. The van der Waals surface area contributed by atoms with E-state index < -0.39 is 0 Å². The first-order valence-electron chi connectivity index (χ1n) is 9.54. The molecule has 30 heavy (non-hydrogen) atoms. The number of fused-ring (bicyclic) bond motifs is 1. The van der Waals surface area contributed by atoms with E-state index in [9.17, 15) is 4.79 Å². The molecule has 0 atom stereocenters. The highest BCUT2D eigenvalue weighted by Crippen LogP contribution is 2.24. The SMILES string of the molecule is CCc1ccc(NC(=O)CSc2nnc3ccc(-c4cccc(OC)c4)nn23)cc1. The summed E-state index contributed by atoms with van der Waals surface area (Å²) >= 11 is 1.29. The number of nitrogens with one attached hydrogen (secondary N) is 1. The number of hydrogen-bond donors (Lipinski definition) is 1. The van der Waals surface area contributed by atoms with Crippen LogP contribution in [0, 0.1) is 0 Å². The molecule has 0 radical (unpaired) electrons. The molecule has 0 saturated carbocycles. The lowest BCUT2D eigenvalue weighted by Gasteiger charge is -2.06. The number of methoxy groups -OCH3 is 1. The molecule has 2 aromatic carbocycles. The molecule has 8 heteroatoms. The van der Waals surface area contributed by atoms with Crippen LogP contribution in [0.2, 0.25) is 0 Å². The third-order valence-corrected chi connectivity index (χ3v) is 5.50. The molecular weight excluding hydrogens is 398 g/mol. The van der Waals surface area contributed by atoms with Gasteiger partial charge >= 0.3 is 0 Å².